The molecule has 3 N–H and O–H groups in total. The fourth-order valence-corrected chi connectivity index (χ4v) is 5.02. The number of carbonyl (C=O) groups excluding carboxylic acids is 2. The van der Waals surface area contributed by atoms with E-state index in [9.17, 15) is 19.5 Å². The topological polar surface area (TPSA) is 114 Å². The van der Waals surface area contributed by atoms with Crippen molar-refractivity contribution in [3.63, 3.8) is 0 Å². The van der Waals surface area contributed by atoms with Crippen LogP contribution in [0, 0.1) is 0 Å². The molecule has 2 atom stereocenters. The van der Waals surface area contributed by atoms with Crippen molar-refractivity contribution in [1.29, 1.82) is 0 Å². The van der Waals surface area contributed by atoms with Crippen LogP contribution in [0.4, 0.5) is 4.79 Å². The number of rotatable bonds is 6. The number of hydrogen-bond acceptors (Lipinski definition) is 5. The third kappa shape index (κ3) is 3.84. The highest BCUT2D eigenvalue weighted by atomic mass is 16.6. The molecule has 33 heavy (non-hydrogen) atoms. The van der Waals surface area contributed by atoms with E-state index in [0.717, 1.165) is 28.7 Å². The average molecular weight is 450 g/mol. The zero-order valence-corrected chi connectivity index (χ0v) is 18.1. The molecule has 8 heteroatoms. The van der Waals surface area contributed by atoms with Crippen LogP contribution in [0.2, 0.25) is 0 Å². The number of carboxylic acid groups (broad SMARTS) is 1. The quantitative estimate of drug-likeness (QED) is 0.624. The van der Waals surface area contributed by atoms with Gasteiger partial charge in [-0.1, -0.05) is 48.5 Å². The minimum absolute atomic E-state index is 0.0592. The third-order valence-corrected chi connectivity index (χ3v) is 6.98. The van der Waals surface area contributed by atoms with Crippen molar-refractivity contribution in [2.75, 3.05) is 13.2 Å². The first-order valence-electron chi connectivity index (χ1n) is 11.3. The van der Waals surface area contributed by atoms with Gasteiger partial charge in [-0.3, -0.25) is 4.79 Å². The number of nitrogens with one attached hydrogen (secondary N) is 2. The molecule has 0 spiro atoms. The molecule has 1 heterocycles. The van der Waals surface area contributed by atoms with Gasteiger partial charge in [0.25, 0.3) is 5.91 Å². The minimum atomic E-state index is -1.22. The number of aliphatic carboxylic acids is 1. The predicted octanol–water partition coefficient (Wildman–Crippen LogP) is 2.81. The van der Waals surface area contributed by atoms with Crippen LogP contribution >= 0.6 is 0 Å². The van der Waals surface area contributed by atoms with E-state index in [4.69, 9.17) is 9.47 Å². The number of fused-ring (bicyclic) bond motifs is 3. The van der Waals surface area contributed by atoms with Crippen LogP contribution in [0.1, 0.15) is 42.7 Å². The van der Waals surface area contributed by atoms with E-state index in [1.54, 1.807) is 0 Å². The smallest absolute Gasteiger partial charge is 0.407 e. The number of carboxylic acids is 1. The Labute approximate surface area is 191 Å². The van der Waals surface area contributed by atoms with Gasteiger partial charge < -0.3 is 25.2 Å². The average Bonchev–Trinajstić information content (AvgIpc) is 3.37. The Hall–Kier alpha value is -3.39. The largest absolute Gasteiger partial charge is 0.480 e. The van der Waals surface area contributed by atoms with Gasteiger partial charge in [-0.2, -0.15) is 0 Å². The molecule has 5 rings (SSSR count). The predicted molar refractivity (Wildman–Crippen MR) is 119 cm³/mol. The van der Waals surface area contributed by atoms with E-state index >= 15 is 0 Å². The Morgan fingerprint density at radius 1 is 1.03 bits per heavy atom. The Balaban J connectivity index is 1.21. The van der Waals surface area contributed by atoms with Gasteiger partial charge in [0.05, 0.1) is 6.04 Å². The molecule has 2 aliphatic carbocycles. The van der Waals surface area contributed by atoms with Gasteiger partial charge >= 0.3 is 12.1 Å². The minimum Gasteiger partial charge on any atom is -0.480 e. The van der Waals surface area contributed by atoms with E-state index < -0.39 is 35.7 Å². The van der Waals surface area contributed by atoms with Crippen LogP contribution < -0.4 is 10.6 Å². The van der Waals surface area contributed by atoms with Gasteiger partial charge in [0.15, 0.2) is 6.10 Å². The van der Waals surface area contributed by atoms with Gasteiger partial charge in [0.1, 0.15) is 12.1 Å². The Bertz CT molecular complexity index is 1050. The van der Waals surface area contributed by atoms with E-state index in [1.807, 2.05) is 36.4 Å². The van der Waals surface area contributed by atoms with Crippen LogP contribution in [0.25, 0.3) is 11.1 Å². The van der Waals surface area contributed by atoms with Gasteiger partial charge in [-0.15, -0.1) is 0 Å². The Kier molecular flexibility index (Phi) is 5.54. The Morgan fingerprint density at radius 3 is 2.24 bits per heavy atom. The summed E-state index contributed by atoms with van der Waals surface area (Å²) in [6.45, 7) is 0.471. The molecule has 2 aromatic rings. The maximum atomic E-state index is 12.7. The summed E-state index contributed by atoms with van der Waals surface area (Å²) in [6, 6.07) is 15.6. The number of amides is 2. The second kappa shape index (κ2) is 8.51. The van der Waals surface area contributed by atoms with Crippen molar-refractivity contribution in [2.24, 2.45) is 0 Å². The number of alkyl carbamates (subject to hydrolysis) is 1. The number of carbonyl (C=O) groups is 3. The summed E-state index contributed by atoms with van der Waals surface area (Å²) in [7, 11) is 0. The monoisotopic (exact) mass is 450 g/mol. The number of hydrogen-bond donors (Lipinski definition) is 3. The number of benzene rings is 2. The molecule has 0 unspecified atom stereocenters. The first kappa shape index (κ1) is 21.5. The summed E-state index contributed by atoms with van der Waals surface area (Å²) in [4.78, 5) is 36.8. The molecule has 2 amide bonds. The molecule has 8 nitrogen and oxygen atoms in total. The van der Waals surface area contributed by atoms with Gasteiger partial charge in [0.2, 0.25) is 0 Å². The summed E-state index contributed by atoms with van der Waals surface area (Å²) in [5.41, 5.74) is 3.30. The van der Waals surface area contributed by atoms with Crippen molar-refractivity contribution >= 4 is 18.0 Å². The van der Waals surface area contributed by atoms with E-state index in [-0.39, 0.29) is 12.5 Å². The van der Waals surface area contributed by atoms with E-state index in [2.05, 4.69) is 22.8 Å². The van der Waals surface area contributed by atoms with Crippen molar-refractivity contribution < 1.29 is 29.0 Å². The summed E-state index contributed by atoms with van der Waals surface area (Å²) in [5, 5.41) is 14.8. The third-order valence-electron chi connectivity index (χ3n) is 6.98. The van der Waals surface area contributed by atoms with Gasteiger partial charge in [0, 0.05) is 12.5 Å². The molecule has 2 fully saturated rings. The maximum absolute atomic E-state index is 12.7. The molecule has 0 radical (unpaired) electrons. The first-order chi connectivity index (χ1) is 16.0. The summed E-state index contributed by atoms with van der Waals surface area (Å²) >= 11 is 0. The zero-order valence-electron chi connectivity index (χ0n) is 18.1. The molecule has 0 bridgehead atoms. The van der Waals surface area contributed by atoms with Crippen LogP contribution in [0.3, 0.4) is 0 Å². The zero-order chi connectivity index (χ0) is 23.0. The van der Waals surface area contributed by atoms with Crippen LogP contribution in [-0.4, -0.2) is 54.0 Å². The maximum Gasteiger partial charge on any atom is 0.407 e. The highest BCUT2D eigenvalue weighted by Crippen LogP contribution is 2.44. The van der Waals surface area contributed by atoms with Crippen LogP contribution in [-0.2, 0) is 19.1 Å². The summed E-state index contributed by atoms with van der Waals surface area (Å²) in [5.74, 6) is -1.61. The first-order valence-corrected chi connectivity index (χ1v) is 11.3. The molecule has 1 saturated carbocycles. The second-order valence-electron chi connectivity index (χ2n) is 8.89. The molecule has 1 saturated heterocycles. The second-order valence-corrected chi connectivity index (χ2v) is 8.89. The van der Waals surface area contributed by atoms with Gasteiger partial charge in [-0.05, 0) is 47.9 Å². The van der Waals surface area contributed by atoms with E-state index in [0.29, 0.717) is 25.9 Å². The normalized spacial score (nSPS) is 22.5. The van der Waals surface area contributed by atoms with E-state index in [1.165, 1.54) is 0 Å². The van der Waals surface area contributed by atoms with Crippen molar-refractivity contribution in [3.05, 3.63) is 59.7 Å². The molecular formula is C25H26N2O6. The highest BCUT2D eigenvalue weighted by molar-refractivity contribution is 5.90. The fraction of sp³-hybridized carbons (Fsp3) is 0.400. The Morgan fingerprint density at radius 2 is 1.67 bits per heavy atom. The molecule has 3 aliphatic rings. The standard InChI is InChI=1S/C25H26N2O6/c28-22(27-25(23(29)30)11-5-12-25)21-20(10-13-32-21)26-24(31)33-14-19-17-8-3-1-6-15(17)16-7-2-4-9-18(16)19/h1-4,6-9,19-21H,5,10-14H2,(H,26,31)(H,27,28)(H,29,30)/t20-,21+/m1/s1. The number of ether oxygens (including phenoxy) is 2. The lowest BCUT2D eigenvalue weighted by atomic mass is 9.76. The summed E-state index contributed by atoms with van der Waals surface area (Å²) in [6.07, 6.45) is 0.419. The lowest BCUT2D eigenvalue weighted by molar-refractivity contribution is -0.153. The molecular weight excluding hydrogens is 424 g/mol. The fourth-order valence-electron chi connectivity index (χ4n) is 5.02. The van der Waals surface area contributed by atoms with Crippen LogP contribution in [0.15, 0.2) is 48.5 Å². The lowest BCUT2D eigenvalue weighted by Crippen LogP contribution is -2.62. The van der Waals surface area contributed by atoms with Crippen molar-refractivity contribution in [1.82, 2.24) is 10.6 Å². The summed E-state index contributed by atoms with van der Waals surface area (Å²) < 4.78 is 11.1. The molecule has 2 aromatic carbocycles. The lowest BCUT2D eigenvalue weighted by Gasteiger charge is -2.39. The van der Waals surface area contributed by atoms with Gasteiger partial charge in [-0.25, -0.2) is 9.59 Å². The molecule has 0 aromatic heterocycles. The highest BCUT2D eigenvalue weighted by Gasteiger charge is 2.48. The molecule has 1 aliphatic heterocycles. The SMILES string of the molecule is O=C(N[C@@H]1CCO[C@@H]1C(=O)NC1(C(=O)O)CCC1)OCC1c2ccccc2-c2ccccc21. The van der Waals surface area contributed by atoms with Crippen LogP contribution in [0.5, 0.6) is 0 Å². The van der Waals surface area contributed by atoms with Crippen molar-refractivity contribution in [2.45, 2.75) is 49.3 Å². The van der Waals surface area contributed by atoms with Crippen molar-refractivity contribution in [3.8, 4) is 11.1 Å². The molecule has 172 valence electrons.